The number of carbonyl (C=O) groups is 1. The summed E-state index contributed by atoms with van der Waals surface area (Å²) in [5.74, 6) is 0.198. The smallest absolute Gasteiger partial charge is 0.223 e. The van der Waals surface area contributed by atoms with Crippen molar-refractivity contribution in [2.75, 3.05) is 0 Å². The maximum atomic E-state index is 11.7. The molecule has 1 atom stereocenters. The maximum absolute atomic E-state index is 11.7. The van der Waals surface area contributed by atoms with E-state index in [1.54, 1.807) is 0 Å². The first-order chi connectivity index (χ1) is 9.62. The van der Waals surface area contributed by atoms with E-state index < -0.39 is 0 Å². The molecule has 1 aromatic carbocycles. The van der Waals surface area contributed by atoms with Crippen LogP contribution in [0.15, 0.2) is 43.0 Å². The fourth-order valence-corrected chi connectivity index (χ4v) is 1.90. The number of benzene rings is 1. The topological polar surface area (TPSA) is 29.1 Å². The number of hydrogen-bond donors (Lipinski definition) is 1. The summed E-state index contributed by atoms with van der Waals surface area (Å²) in [7, 11) is 0. The Balaban J connectivity index is 2.65. The van der Waals surface area contributed by atoms with Crippen molar-refractivity contribution in [2.45, 2.75) is 40.2 Å². The predicted octanol–water partition coefficient (Wildman–Crippen LogP) is 4.33. The summed E-state index contributed by atoms with van der Waals surface area (Å²) in [5, 5.41) is 2.96. The van der Waals surface area contributed by atoms with Gasteiger partial charge in [0.15, 0.2) is 0 Å². The molecule has 0 aliphatic heterocycles. The molecule has 0 radical (unpaired) electrons. The molecule has 0 saturated carbocycles. The van der Waals surface area contributed by atoms with Gasteiger partial charge in [0, 0.05) is 12.5 Å². The van der Waals surface area contributed by atoms with Gasteiger partial charge in [-0.25, -0.2) is 0 Å². The molecule has 2 nitrogen and oxygen atoms in total. The van der Waals surface area contributed by atoms with Crippen LogP contribution >= 0.6 is 0 Å². The Kier molecular flexibility index (Phi) is 6.78. The Morgan fingerprint density at radius 3 is 2.45 bits per heavy atom. The van der Waals surface area contributed by atoms with Crippen molar-refractivity contribution in [3.8, 4) is 0 Å². The van der Waals surface area contributed by atoms with E-state index in [0.29, 0.717) is 6.54 Å². The van der Waals surface area contributed by atoms with Crippen LogP contribution in [0, 0.1) is 5.92 Å². The number of carbonyl (C=O) groups excluding carboxylic acids is 1. The molecule has 0 aliphatic carbocycles. The summed E-state index contributed by atoms with van der Waals surface area (Å²) in [6.45, 7) is 10.5. The molecular weight excluding hydrogens is 246 g/mol. The second-order valence-electron chi connectivity index (χ2n) is 5.00. The molecule has 1 rings (SSSR count). The molecule has 1 unspecified atom stereocenters. The van der Waals surface area contributed by atoms with Crippen LogP contribution in [0.1, 0.15) is 44.7 Å². The fraction of sp³-hybridized carbons (Fsp3) is 0.389. The maximum Gasteiger partial charge on any atom is 0.223 e. The lowest BCUT2D eigenvalue weighted by molar-refractivity contribution is -0.124. The average molecular weight is 271 g/mol. The molecule has 0 aliphatic rings. The quantitative estimate of drug-likeness (QED) is 0.735. The number of amides is 1. The van der Waals surface area contributed by atoms with Gasteiger partial charge in [-0.2, -0.15) is 0 Å². The first-order valence-corrected chi connectivity index (χ1v) is 7.31. The van der Waals surface area contributed by atoms with E-state index in [0.717, 1.165) is 24.0 Å². The molecule has 2 heteroatoms. The summed E-state index contributed by atoms with van der Waals surface area (Å²) in [4.78, 5) is 11.7. The predicted molar refractivity (Wildman–Crippen MR) is 86.2 cm³/mol. The highest BCUT2D eigenvalue weighted by Gasteiger charge is 2.09. The molecule has 0 spiro atoms. The largest absolute Gasteiger partial charge is 0.352 e. The molecular formula is C18H25NO. The molecule has 1 aromatic rings. The number of rotatable bonds is 7. The lowest BCUT2D eigenvalue weighted by Crippen LogP contribution is -2.28. The lowest BCUT2D eigenvalue weighted by atomic mass is 10.0. The van der Waals surface area contributed by atoms with E-state index in [2.05, 4.69) is 49.2 Å². The van der Waals surface area contributed by atoms with Crippen molar-refractivity contribution in [1.82, 2.24) is 5.32 Å². The average Bonchev–Trinajstić information content (AvgIpc) is 2.50. The Labute approximate surface area is 122 Å². The second-order valence-corrected chi connectivity index (χ2v) is 5.00. The second kappa shape index (κ2) is 8.36. The van der Waals surface area contributed by atoms with E-state index >= 15 is 0 Å². The number of nitrogens with one attached hydrogen (secondary N) is 1. The van der Waals surface area contributed by atoms with Crippen molar-refractivity contribution < 1.29 is 4.79 Å². The molecule has 20 heavy (non-hydrogen) atoms. The first kappa shape index (κ1) is 16.2. The summed E-state index contributed by atoms with van der Waals surface area (Å²) in [6, 6.07) is 8.26. The Morgan fingerprint density at radius 1 is 1.30 bits per heavy atom. The van der Waals surface area contributed by atoms with Gasteiger partial charge in [-0.3, -0.25) is 4.79 Å². The fourth-order valence-electron chi connectivity index (χ4n) is 1.90. The van der Waals surface area contributed by atoms with E-state index in [-0.39, 0.29) is 11.8 Å². The van der Waals surface area contributed by atoms with Crippen LogP contribution in [0.3, 0.4) is 0 Å². The van der Waals surface area contributed by atoms with Gasteiger partial charge in [0.1, 0.15) is 0 Å². The summed E-state index contributed by atoms with van der Waals surface area (Å²) in [6.07, 6.45) is 5.90. The van der Waals surface area contributed by atoms with Gasteiger partial charge in [-0.05, 0) is 29.5 Å². The van der Waals surface area contributed by atoms with E-state index in [1.807, 2.05) is 19.9 Å². The van der Waals surface area contributed by atoms with Crippen molar-refractivity contribution in [3.63, 3.8) is 0 Å². The zero-order valence-electron chi connectivity index (χ0n) is 12.8. The first-order valence-electron chi connectivity index (χ1n) is 7.31. The summed E-state index contributed by atoms with van der Waals surface area (Å²) in [5.41, 5.74) is 3.44. The Bertz CT molecular complexity index is 471. The van der Waals surface area contributed by atoms with Gasteiger partial charge in [-0.1, -0.05) is 63.8 Å². The van der Waals surface area contributed by atoms with Crippen LogP contribution in [0.25, 0.3) is 5.57 Å². The molecule has 1 amide bonds. The molecule has 0 aromatic heterocycles. The number of hydrogen-bond acceptors (Lipinski definition) is 1. The molecule has 0 heterocycles. The minimum Gasteiger partial charge on any atom is -0.352 e. The highest BCUT2D eigenvalue weighted by molar-refractivity contribution is 5.78. The van der Waals surface area contributed by atoms with Crippen LogP contribution in [-0.4, -0.2) is 5.91 Å². The van der Waals surface area contributed by atoms with Crippen LogP contribution in [-0.2, 0) is 11.3 Å². The van der Waals surface area contributed by atoms with Crippen LogP contribution in [0.2, 0.25) is 0 Å². The zero-order valence-corrected chi connectivity index (χ0v) is 12.8. The monoisotopic (exact) mass is 271 g/mol. The third kappa shape index (κ3) is 4.69. The molecule has 0 bridgehead atoms. The van der Waals surface area contributed by atoms with Gasteiger partial charge in [0.25, 0.3) is 0 Å². The van der Waals surface area contributed by atoms with Gasteiger partial charge in [0.2, 0.25) is 5.91 Å². The van der Waals surface area contributed by atoms with E-state index in [9.17, 15) is 4.79 Å². The highest BCUT2D eigenvalue weighted by Crippen LogP contribution is 2.17. The summed E-state index contributed by atoms with van der Waals surface area (Å²) < 4.78 is 0. The zero-order chi connectivity index (χ0) is 15.0. The van der Waals surface area contributed by atoms with E-state index in [4.69, 9.17) is 0 Å². The van der Waals surface area contributed by atoms with Crippen LogP contribution in [0.5, 0.6) is 0 Å². The molecule has 108 valence electrons. The third-order valence-electron chi connectivity index (χ3n) is 3.46. The van der Waals surface area contributed by atoms with Gasteiger partial charge in [-0.15, -0.1) is 0 Å². The lowest BCUT2D eigenvalue weighted by Gasteiger charge is -2.10. The van der Waals surface area contributed by atoms with Crippen molar-refractivity contribution in [2.24, 2.45) is 5.92 Å². The normalized spacial score (nSPS) is 12.8. The SMILES string of the molecule is C=C/C(=C\CC)c1ccc(CNC(=O)C(C)CC)cc1. The molecule has 1 N–H and O–H groups in total. The van der Waals surface area contributed by atoms with E-state index in [1.165, 1.54) is 5.56 Å². The van der Waals surface area contributed by atoms with Gasteiger partial charge < -0.3 is 5.32 Å². The molecule has 0 fully saturated rings. The Morgan fingerprint density at radius 2 is 1.95 bits per heavy atom. The number of allylic oxidation sites excluding steroid dienone is 3. The van der Waals surface area contributed by atoms with Crippen molar-refractivity contribution in [3.05, 3.63) is 54.1 Å². The van der Waals surface area contributed by atoms with Crippen LogP contribution < -0.4 is 5.32 Å². The van der Waals surface area contributed by atoms with Gasteiger partial charge in [0.05, 0.1) is 0 Å². The Hall–Kier alpha value is -1.83. The third-order valence-corrected chi connectivity index (χ3v) is 3.46. The minimum absolute atomic E-state index is 0.0779. The van der Waals surface area contributed by atoms with Crippen molar-refractivity contribution >= 4 is 11.5 Å². The van der Waals surface area contributed by atoms with Crippen LogP contribution in [0.4, 0.5) is 0 Å². The van der Waals surface area contributed by atoms with Gasteiger partial charge >= 0.3 is 0 Å². The summed E-state index contributed by atoms with van der Waals surface area (Å²) >= 11 is 0. The standard InChI is InChI=1S/C18H25NO/c1-5-8-16(7-3)17-11-9-15(10-12-17)13-19-18(20)14(4)6-2/h7-12,14H,3,5-6,13H2,1-2,4H3,(H,19,20)/b16-8+. The highest BCUT2D eigenvalue weighted by atomic mass is 16.1. The van der Waals surface area contributed by atoms with Crippen molar-refractivity contribution in [1.29, 1.82) is 0 Å². The minimum atomic E-state index is 0.0779. The molecule has 0 saturated heterocycles.